The molecule has 2 rings (SSSR count). The summed E-state index contributed by atoms with van der Waals surface area (Å²) in [4.78, 5) is 26.1. The van der Waals surface area contributed by atoms with E-state index in [1.54, 1.807) is 12.1 Å². The summed E-state index contributed by atoms with van der Waals surface area (Å²) in [5, 5.41) is 2.70. The zero-order valence-corrected chi connectivity index (χ0v) is 16.5. The van der Waals surface area contributed by atoms with Crippen LogP contribution < -0.4 is 5.32 Å². The van der Waals surface area contributed by atoms with Gasteiger partial charge >= 0.3 is 6.09 Å². The summed E-state index contributed by atoms with van der Waals surface area (Å²) in [6, 6.07) is 7.35. The Morgan fingerprint density at radius 2 is 1.73 bits per heavy atom. The third-order valence-electron chi connectivity index (χ3n) is 4.64. The van der Waals surface area contributed by atoms with Gasteiger partial charge in [-0.2, -0.15) is 0 Å². The summed E-state index contributed by atoms with van der Waals surface area (Å²) < 4.78 is 5.23. The molecule has 0 atom stereocenters. The molecule has 0 spiro atoms. The summed E-state index contributed by atoms with van der Waals surface area (Å²) in [7, 11) is 1.90. The van der Waals surface area contributed by atoms with Crippen molar-refractivity contribution in [2.24, 2.45) is 5.92 Å². The Bertz CT molecular complexity index is 599. The van der Waals surface area contributed by atoms with E-state index in [0.29, 0.717) is 18.0 Å². The van der Waals surface area contributed by atoms with Crippen LogP contribution in [-0.2, 0) is 16.0 Å². The molecule has 0 radical (unpaired) electrons. The van der Waals surface area contributed by atoms with Crippen molar-refractivity contribution in [3.8, 4) is 0 Å². The molecule has 5 nitrogen and oxygen atoms in total. The molecule has 0 saturated heterocycles. The topological polar surface area (TPSA) is 58.6 Å². The molecule has 1 saturated carbocycles. The maximum absolute atomic E-state index is 12.4. The number of carbonyl (C=O) groups is 2. The molecular weight excluding hydrogens is 328 g/mol. The highest BCUT2D eigenvalue weighted by Gasteiger charge is 2.19. The van der Waals surface area contributed by atoms with E-state index in [2.05, 4.69) is 5.32 Å². The van der Waals surface area contributed by atoms with Gasteiger partial charge in [0.15, 0.2) is 0 Å². The molecule has 1 aromatic carbocycles. The smallest absolute Gasteiger partial charge is 0.412 e. The molecular formula is C21H32N2O3. The molecule has 0 aromatic heterocycles. The molecule has 1 aliphatic rings. The van der Waals surface area contributed by atoms with Gasteiger partial charge in [0, 0.05) is 19.3 Å². The van der Waals surface area contributed by atoms with Crippen molar-refractivity contribution >= 4 is 17.7 Å². The molecule has 1 fully saturated rings. The van der Waals surface area contributed by atoms with Crippen LogP contribution in [0.25, 0.3) is 0 Å². The number of likely N-dealkylation sites (N-methyl/N-ethyl adjacent to an activating group) is 1. The first-order chi connectivity index (χ1) is 12.2. The summed E-state index contributed by atoms with van der Waals surface area (Å²) in [6.45, 7) is 6.33. The maximum atomic E-state index is 12.4. The highest BCUT2D eigenvalue weighted by molar-refractivity contribution is 5.85. The van der Waals surface area contributed by atoms with Gasteiger partial charge in [-0.15, -0.1) is 0 Å². The highest BCUT2D eigenvalue weighted by Crippen LogP contribution is 2.24. The van der Waals surface area contributed by atoms with Crippen LogP contribution in [0, 0.1) is 5.92 Å². The second-order valence-corrected chi connectivity index (χ2v) is 8.28. The number of amides is 2. The molecule has 1 aromatic rings. The van der Waals surface area contributed by atoms with E-state index in [1.807, 2.05) is 44.9 Å². The van der Waals surface area contributed by atoms with Crippen LogP contribution in [0.4, 0.5) is 10.5 Å². The summed E-state index contributed by atoms with van der Waals surface area (Å²) >= 11 is 0. The molecule has 144 valence electrons. The lowest BCUT2D eigenvalue weighted by atomic mass is 9.89. The monoisotopic (exact) mass is 360 g/mol. The molecule has 1 aliphatic carbocycles. The van der Waals surface area contributed by atoms with E-state index in [4.69, 9.17) is 4.74 Å². The fourth-order valence-electron chi connectivity index (χ4n) is 3.30. The van der Waals surface area contributed by atoms with E-state index in [1.165, 1.54) is 32.1 Å². The van der Waals surface area contributed by atoms with Crippen molar-refractivity contribution in [1.29, 1.82) is 0 Å². The minimum absolute atomic E-state index is 0.142. The van der Waals surface area contributed by atoms with Crippen LogP contribution >= 0.6 is 0 Å². The Kier molecular flexibility index (Phi) is 7.06. The van der Waals surface area contributed by atoms with Gasteiger partial charge in [0.25, 0.3) is 0 Å². The van der Waals surface area contributed by atoms with Crippen molar-refractivity contribution in [3.63, 3.8) is 0 Å². The third kappa shape index (κ3) is 7.06. The molecule has 2 amide bonds. The number of hydrogen-bond acceptors (Lipinski definition) is 3. The number of carbonyl (C=O) groups excluding carboxylic acids is 2. The fraction of sp³-hybridized carbons (Fsp3) is 0.619. The normalized spacial score (nSPS) is 15.4. The number of nitrogens with one attached hydrogen (secondary N) is 1. The summed E-state index contributed by atoms with van der Waals surface area (Å²) in [5.74, 6) is 0.793. The first-order valence-corrected chi connectivity index (χ1v) is 9.56. The number of benzene rings is 1. The third-order valence-corrected chi connectivity index (χ3v) is 4.64. The van der Waals surface area contributed by atoms with E-state index in [-0.39, 0.29) is 5.91 Å². The van der Waals surface area contributed by atoms with Gasteiger partial charge in [0.1, 0.15) is 5.60 Å². The SMILES string of the molecule is CN(CC1CCCCC1)C(=O)Cc1ccc(NC(=O)OC(C)(C)C)cc1. The van der Waals surface area contributed by atoms with Crippen molar-refractivity contribution in [3.05, 3.63) is 29.8 Å². The van der Waals surface area contributed by atoms with Crippen molar-refractivity contribution in [2.75, 3.05) is 18.9 Å². The van der Waals surface area contributed by atoms with Crippen LogP contribution in [0.5, 0.6) is 0 Å². The van der Waals surface area contributed by atoms with Gasteiger partial charge in [-0.05, 0) is 57.2 Å². The zero-order valence-electron chi connectivity index (χ0n) is 16.5. The van der Waals surface area contributed by atoms with E-state index < -0.39 is 11.7 Å². The molecule has 0 heterocycles. The predicted molar refractivity (Wildman–Crippen MR) is 104 cm³/mol. The van der Waals surface area contributed by atoms with E-state index >= 15 is 0 Å². The predicted octanol–water partition coefficient (Wildman–Crippen LogP) is 4.61. The summed E-state index contributed by atoms with van der Waals surface area (Å²) in [5.41, 5.74) is 1.07. The van der Waals surface area contributed by atoms with Crippen LogP contribution in [0.2, 0.25) is 0 Å². The second-order valence-electron chi connectivity index (χ2n) is 8.28. The fourth-order valence-corrected chi connectivity index (χ4v) is 3.30. The quantitative estimate of drug-likeness (QED) is 0.834. The maximum Gasteiger partial charge on any atom is 0.412 e. The van der Waals surface area contributed by atoms with E-state index in [9.17, 15) is 9.59 Å². The largest absolute Gasteiger partial charge is 0.444 e. The lowest BCUT2D eigenvalue weighted by Gasteiger charge is -2.27. The van der Waals surface area contributed by atoms with Gasteiger partial charge in [0.05, 0.1) is 6.42 Å². The van der Waals surface area contributed by atoms with Gasteiger partial charge < -0.3 is 9.64 Å². The standard InChI is InChI=1S/C21H32N2O3/c1-21(2,3)26-20(25)22-18-12-10-16(11-13-18)14-19(24)23(4)15-17-8-6-5-7-9-17/h10-13,17H,5-9,14-15H2,1-4H3,(H,22,25). The molecule has 0 unspecified atom stereocenters. The van der Waals surface area contributed by atoms with Crippen LogP contribution in [-0.4, -0.2) is 36.1 Å². The lowest BCUT2D eigenvalue weighted by Crippen LogP contribution is -2.33. The van der Waals surface area contributed by atoms with Crippen molar-refractivity contribution in [1.82, 2.24) is 4.90 Å². The Labute approximate surface area is 157 Å². The van der Waals surface area contributed by atoms with Crippen LogP contribution in [0.15, 0.2) is 24.3 Å². The zero-order chi connectivity index (χ0) is 19.2. The van der Waals surface area contributed by atoms with Gasteiger partial charge in [-0.25, -0.2) is 4.79 Å². The number of ether oxygens (including phenoxy) is 1. The first kappa shape index (κ1) is 20.3. The molecule has 5 heteroatoms. The highest BCUT2D eigenvalue weighted by atomic mass is 16.6. The molecule has 1 N–H and O–H groups in total. The van der Waals surface area contributed by atoms with Crippen molar-refractivity contribution < 1.29 is 14.3 Å². The minimum atomic E-state index is -0.528. The van der Waals surface area contributed by atoms with Gasteiger partial charge in [-0.1, -0.05) is 31.4 Å². The minimum Gasteiger partial charge on any atom is -0.444 e. The van der Waals surface area contributed by atoms with Gasteiger partial charge in [0.2, 0.25) is 5.91 Å². The van der Waals surface area contributed by atoms with Crippen LogP contribution in [0.1, 0.15) is 58.4 Å². The van der Waals surface area contributed by atoms with Crippen molar-refractivity contribution in [2.45, 2.75) is 64.9 Å². The molecule has 0 bridgehead atoms. The average molecular weight is 360 g/mol. The lowest BCUT2D eigenvalue weighted by molar-refractivity contribution is -0.129. The van der Waals surface area contributed by atoms with Gasteiger partial charge in [-0.3, -0.25) is 10.1 Å². The van der Waals surface area contributed by atoms with E-state index in [0.717, 1.165) is 12.1 Å². The number of anilines is 1. The number of hydrogen-bond donors (Lipinski definition) is 1. The number of rotatable bonds is 5. The Balaban J connectivity index is 1.82. The number of nitrogens with zero attached hydrogens (tertiary/aromatic N) is 1. The second kappa shape index (κ2) is 9.06. The Morgan fingerprint density at radius 1 is 1.12 bits per heavy atom. The first-order valence-electron chi connectivity index (χ1n) is 9.56. The molecule has 0 aliphatic heterocycles. The molecule has 26 heavy (non-hydrogen) atoms. The van der Waals surface area contributed by atoms with Crippen LogP contribution in [0.3, 0.4) is 0 Å². The Hall–Kier alpha value is -2.04. The average Bonchev–Trinajstić information content (AvgIpc) is 2.55. The summed E-state index contributed by atoms with van der Waals surface area (Å²) in [6.07, 6.45) is 6.30. The Morgan fingerprint density at radius 3 is 2.31 bits per heavy atom.